The van der Waals surface area contributed by atoms with E-state index in [1.165, 1.54) is 122 Å². The van der Waals surface area contributed by atoms with Crippen molar-refractivity contribution < 1.29 is 28.6 Å². The first-order valence-electron chi connectivity index (χ1n) is 33.7. The maximum absolute atomic E-state index is 12.9. The molecular weight excluding hydrogens is 997 g/mol. The standard InChI is InChI=1S/C75H124O6/c1-4-7-10-13-15-17-19-21-23-25-27-29-31-33-35-36-37-38-40-41-43-45-47-49-51-53-55-57-59-62-65-68-74(77)80-71-72(70-79-73(76)67-64-61-12-9-6-3)81-75(78)69-66-63-60-58-56-54-52-50-48-46-44-42-39-34-32-30-28-26-24-22-20-18-16-14-11-8-5-2/h7-8,10-11,15-18,21-24,27-30,33,35,37-38,41,43,72H,4-6,9,12-14,19-20,25-26,31-32,34,36,39-40,42,44-71H2,1-3H3/b10-7-,11-8-,17-15-,18-16-,23-21-,24-22-,29-27-,30-28-,35-33-,38-37-,43-41-. The second kappa shape index (κ2) is 68.1. The fourth-order valence-corrected chi connectivity index (χ4v) is 9.18. The minimum Gasteiger partial charge on any atom is -0.462 e. The molecule has 0 bridgehead atoms. The highest BCUT2D eigenvalue weighted by atomic mass is 16.6. The molecule has 0 aliphatic carbocycles. The van der Waals surface area contributed by atoms with Crippen molar-refractivity contribution in [2.24, 2.45) is 0 Å². The highest BCUT2D eigenvalue weighted by molar-refractivity contribution is 5.71. The van der Waals surface area contributed by atoms with Crippen LogP contribution in [0.4, 0.5) is 0 Å². The molecule has 0 aliphatic heterocycles. The molecule has 0 aromatic rings. The summed E-state index contributed by atoms with van der Waals surface area (Å²) in [7, 11) is 0. The van der Waals surface area contributed by atoms with Crippen molar-refractivity contribution in [1.82, 2.24) is 0 Å². The Kier molecular flexibility index (Phi) is 64.3. The summed E-state index contributed by atoms with van der Waals surface area (Å²) < 4.78 is 16.8. The lowest BCUT2D eigenvalue weighted by molar-refractivity contribution is -0.167. The Labute approximate surface area is 500 Å². The molecule has 0 heterocycles. The van der Waals surface area contributed by atoms with Gasteiger partial charge >= 0.3 is 17.9 Å². The van der Waals surface area contributed by atoms with Crippen molar-refractivity contribution in [1.29, 1.82) is 0 Å². The van der Waals surface area contributed by atoms with Gasteiger partial charge in [0.1, 0.15) is 13.2 Å². The van der Waals surface area contributed by atoms with E-state index >= 15 is 0 Å². The average molecular weight is 1120 g/mol. The van der Waals surface area contributed by atoms with E-state index in [1.807, 2.05) is 0 Å². The fraction of sp³-hybridized carbons (Fsp3) is 0.667. The fourth-order valence-electron chi connectivity index (χ4n) is 9.18. The van der Waals surface area contributed by atoms with Crippen LogP contribution in [0, 0.1) is 0 Å². The normalized spacial score (nSPS) is 13.0. The lowest BCUT2D eigenvalue weighted by atomic mass is 10.0. The minimum atomic E-state index is -0.781. The van der Waals surface area contributed by atoms with Crippen LogP contribution in [0.3, 0.4) is 0 Å². The van der Waals surface area contributed by atoms with Gasteiger partial charge in [-0.2, -0.15) is 0 Å². The van der Waals surface area contributed by atoms with Gasteiger partial charge in [0.2, 0.25) is 0 Å². The number of carbonyl (C=O) groups is 3. The molecule has 0 aromatic carbocycles. The van der Waals surface area contributed by atoms with E-state index in [4.69, 9.17) is 14.2 Å². The van der Waals surface area contributed by atoms with E-state index < -0.39 is 6.10 Å². The van der Waals surface area contributed by atoms with Gasteiger partial charge in [0, 0.05) is 19.3 Å². The molecule has 0 saturated heterocycles. The highest BCUT2D eigenvalue weighted by Gasteiger charge is 2.19. The lowest BCUT2D eigenvalue weighted by Gasteiger charge is -2.18. The second-order valence-electron chi connectivity index (χ2n) is 22.0. The van der Waals surface area contributed by atoms with Crippen LogP contribution in [-0.2, 0) is 28.6 Å². The van der Waals surface area contributed by atoms with Gasteiger partial charge in [-0.25, -0.2) is 0 Å². The Balaban J connectivity index is 4.05. The van der Waals surface area contributed by atoms with Crippen LogP contribution in [-0.4, -0.2) is 37.2 Å². The monoisotopic (exact) mass is 1120 g/mol. The average Bonchev–Trinajstić information content (AvgIpc) is 3.47. The second-order valence-corrected chi connectivity index (χ2v) is 22.0. The number of hydrogen-bond donors (Lipinski definition) is 0. The molecule has 0 saturated carbocycles. The molecule has 0 N–H and O–H groups in total. The molecule has 81 heavy (non-hydrogen) atoms. The number of unbranched alkanes of at least 4 members (excludes halogenated alkanes) is 27. The minimum absolute atomic E-state index is 0.0815. The molecule has 0 aromatic heterocycles. The highest BCUT2D eigenvalue weighted by Crippen LogP contribution is 2.16. The summed E-state index contributed by atoms with van der Waals surface area (Å²) in [6.07, 6.45) is 96.6. The maximum atomic E-state index is 12.9. The van der Waals surface area contributed by atoms with Gasteiger partial charge in [0.15, 0.2) is 6.10 Å². The smallest absolute Gasteiger partial charge is 0.306 e. The van der Waals surface area contributed by atoms with Gasteiger partial charge in [0.05, 0.1) is 0 Å². The summed E-state index contributed by atoms with van der Waals surface area (Å²) in [5.41, 5.74) is 0. The summed E-state index contributed by atoms with van der Waals surface area (Å²) >= 11 is 0. The predicted molar refractivity (Wildman–Crippen MR) is 353 cm³/mol. The van der Waals surface area contributed by atoms with E-state index in [2.05, 4.69) is 154 Å². The summed E-state index contributed by atoms with van der Waals surface area (Å²) in [6.45, 7) is 6.34. The van der Waals surface area contributed by atoms with Crippen molar-refractivity contribution in [3.05, 3.63) is 134 Å². The first-order chi connectivity index (χ1) is 40.0. The lowest BCUT2D eigenvalue weighted by Crippen LogP contribution is -2.30. The van der Waals surface area contributed by atoms with E-state index in [-0.39, 0.29) is 31.1 Å². The molecule has 460 valence electrons. The maximum Gasteiger partial charge on any atom is 0.306 e. The van der Waals surface area contributed by atoms with E-state index in [1.54, 1.807) is 0 Å². The zero-order chi connectivity index (χ0) is 58.5. The molecule has 0 radical (unpaired) electrons. The Bertz CT molecular complexity index is 1720. The molecule has 0 rings (SSSR count). The Morgan fingerprint density at radius 2 is 0.481 bits per heavy atom. The number of ether oxygens (including phenoxy) is 3. The van der Waals surface area contributed by atoms with Crippen LogP contribution in [0.2, 0.25) is 0 Å². The van der Waals surface area contributed by atoms with Crippen molar-refractivity contribution in [3.8, 4) is 0 Å². The number of rotatable bonds is 60. The number of esters is 3. The van der Waals surface area contributed by atoms with E-state index in [0.29, 0.717) is 19.3 Å². The summed E-state index contributed by atoms with van der Waals surface area (Å²) in [5.74, 6) is -0.897. The van der Waals surface area contributed by atoms with Gasteiger partial charge in [-0.3, -0.25) is 14.4 Å². The van der Waals surface area contributed by atoms with Crippen LogP contribution in [0.5, 0.6) is 0 Å². The van der Waals surface area contributed by atoms with Gasteiger partial charge in [0.25, 0.3) is 0 Å². The quantitative estimate of drug-likeness (QED) is 0.0261. The molecule has 0 aliphatic rings. The van der Waals surface area contributed by atoms with Crippen LogP contribution in [0.1, 0.15) is 303 Å². The molecule has 6 nitrogen and oxygen atoms in total. The third-order valence-electron chi connectivity index (χ3n) is 14.2. The summed E-state index contributed by atoms with van der Waals surface area (Å²) in [6, 6.07) is 0. The Morgan fingerprint density at radius 1 is 0.259 bits per heavy atom. The topological polar surface area (TPSA) is 78.9 Å². The molecule has 0 amide bonds. The first-order valence-corrected chi connectivity index (χ1v) is 33.7. The van der Waals surface area contributed by atoms with Gasteiger partial charge < -0.3 is 14.2 Å². The van der Waals surface area contributed by atoms with Crippen molar-refractivity contribution >= 4 is 17.9 Å². The molecule has 0 spiro atoms. The van der Waals surface area contributed by atoms with Gasteiger partial charge in [-0.05, 0) is 116 Å². The van der Waals surface area contributed by atoms with Crippen molar-refractivity contribution in [2.75, 3.05) is 13.2 Å². The van der Waals surface area contributed by atoms with E-state index in [0.717, 1.165) is 141 Å². The zero-order valence-electron chi connectivity index (χ0n) is 52.8. The summed E-state index contributed by atoms with van der Waals surface area (Å²) in [5, 5.41) is 0. The molecule has 1 unspecified atom stereocenters. The number of carbonyl (C=O) groups excluding carboxylic acids is 3. The first kappa shape index (κ1) is 76.5. The summed E-state index contributed by atoms with van der Waals surface area (Å²) in [4.78, 5) is 38.0. The SMILES string of the molecule is CC/C=C\C/C=C\C/C=C\C/C=C\C/C=C\C/C=C\C/C=C\CCCCCCCCCCCC(=O)OCC(COC(=O)CCCCCCC)OC(=O)CCCCCCCCCCCCCCCC/C=C\C/C=C\C/C=C\C/C=C\CC. The zero-order valence-corrected chi connectivity index (χ0v) is 52.8. The third-order valence-corrected chi connectivity index (χ3v) is 14.2. The Hall–Kier alpha value is -4.45. The van der Waals surface area contributed by atoms with Crippen LogP contribution >= 0.6 is 0 Å². The van der Waals surface area contributed by atoms with Crippen LogP contribution in [0.25, 0.3) is 0 Å². The largest absolute Gasteiger partial charge is 0.462 e. The van der Waals surface area contributed by atoms with Crippen LogP contribution < -0.4 is 0 Å². The molecular formula is C75H124O6. The van der Waals surface area contributed by atoms with Gasteiger partial charge in [-0.15, -0.1) is 0 Å². The van der Waals surface area contributed by atoms with Crippen molar-refractivity contribution in [3.63, 3.8) is 0 Å². The van der Waals surface area contributed by atoms with Crippen LogP contribution in [0.15, 0.2) is 134 Å². The predicted octanol–water partition coefficient (Wildman–Crippen LogP) is 23.3. The molecule has 6 heteroatoms. The molecule has 1 atom stereocenters. The number of hydrogen-bond acceptors (Lipinski definition) is 6. The van der Waals surface area contributed by atoms with Crippen molar-refractivity contribution in [2.45, 2.75) is 309 Å². The molecule has 0 fully saturated rings. The van der Waals surface area contributed by atoms with E-state index in [9.17, 15) is 14.4 Å². The number of allylic oxidation sites excluding steroid dienone is 22. The Morgan fingerprint density at radius 3 is 0.753 bits per heavy atom. The van der Waals surface area contributed by atoms with Gasteiger partial charge in [-0.1, -0.05) is 302 Å². The third kappa shape index (κ3) is 66.2.